The molecule has 84 valence electrons. The second kappa shape index (κ2) is 6.26. The summed E-state index contributed by atoms with van der Waals surface area (Å²) in [5.74, 6) is 0.171. The number of aliphatic hydroxyl groups is 1. The highest BCUT2D eigenvalue weighted by molar-refractivity contribution is 6.19. The average molecular weight is 238 g/mol. The van der Waals surface area contributed by atoms with E-state index in [4.69, 9.17) is 22.0 Å². The minimum atomic E-state index is -0.168. The molecule has 4 heteroatoms. The molecule has 0 unspecified atom stereocenters. The van der Waals surface area contributed by atoms with Crippen molar-refractivity contribution in [3.63, 3.8) is 0 Å². The molecule has 0 saturated carbocycles. The summed E-state index contributed by atoms with van der Waals surface area (Å²) in [4.78, 5) is 11.7. The van der Waals surface area contributed by atoms with Crippen LogP contribution in [0.3, 0.4) is 0 Å². The van der Waals surface area contributed by atoms with Gasteiger partial charge in [0.2, 0.25) is 0 Å². The predicted octanol–water partition coefficient (Wildman–Crippen LogP) is 2.06. The first-order valence-corrected chi connectivity index (χ1v) is 5.45. The minimum absolute atomic E-state index is 0.0875. The van der Waals surface area contributed by atoms with Gasteiger partial charge >= 0.3 is 0 Å². The lowest BCUT2D eigenvalue weighted by atomic mass is 9.95. The Morgan fingerprint density at radius 3 is 2.81 bits per heavy atom. The summed E-state index contributed by atoms with van der Waals surface area (Å²) in [7, 11) is 0. The van der Waals surface area contributed by atoms with Gasteiger partial charge in [-0.3, -0.25) is 4.79 Å². The highest BCUT2D eigenvalue weighted by Crippen LogP contribution is 2.17. The third-order valence-electron chi connectivity index (χ3n) is 2.32. The third kappa shape index (κ3) is 2.82. The smallest absolute Gasteiger partial charge is 0.164 e. The number of nitrogens with zero attached hydrogens (tertiary/aromatic N) is 1. The second-order valence-electron chi connectivity index (χ2n) is 3.30. The Labute approximate surface area is 99.3 Å². The summed E-state index contributed by atoms with van der Waals surface area (Å²) >= 11 is 5.51. The molecule has 1 aromatic carbocycles. The van der Waals surface area contributed by atoms with Crippen molar-refractivity contribution in [1.82, 2.24) is 0 Å². The average Bonchev–Trinajstić information content (AvgIpc) is 2.30. The maximum absolute atomic E-state index is 11.7. The molecule has 0 aliphatic heterocycles. The highest BCUT2D eigenvalue weighted by Gasteiger charge is 2.13. The quantitative estimate of drug-likeness (QED) is 0.630. The number of hydrogen-bond donors (Lipinski definition) is 1. The summed E-state index contributed by atoms with van der Waals surface area (Å²) < 4.78 is 0. The zero-order valence-electron chi connectivity index (χ0n) is 8.74. The van der Waals surface area contributed by atoms with Crippen LogP contribution < -0.4 is 0 Å². The van der Waals surface area contributed by atoms with E-state index < -0.39 is 0 Å². The Morgan fingerprint density at radius 1 is 1.50 bits per heavy atom. The third-order valence-corrected chi connectivity index (χ3v) is 2.51. The number of halogens is 1. The summed E-state index contributed by atoms with van der Waals surface area (Å²) in [5, 5.41) is 17.8. The van der Waals surface area contributed by atoms with Crippen molar-refractivity contribution in [2.45, 2.75) is 19.4 Å². The number of aliphatic hydroxyl groups excluding tert-OH is 1. The first kappa shape index (κ1) is 12.7. The molecule has 0 spiro atoms. The number of rotatable bonds is 5. The molecule has 1 N–H and O–H groups in total. The largest absolute Gasteiger partial charge is 0.392 e. The van der Waals surface area contributed by atoms with Crippen LogP contribution in [-0.4, -0.2) is 16.8 Å². The number of nitriles is 1. The number of carbonyl (C=O) groups is 1. The molecule has 0 aliphatic rings. The summed E-state index contributed by atoms with van der Waals surface area (Å²) in [6, 6.07) is 7.08. The van der Waals surface area contributed by atoms with Crippen molar-refractivity contribution >= 4 is 17.4 Å². The van der Waals surface area contributed by atoms with Crippen molar-refractivity contribution in [1.29, 1.82) is 5.26 Å². The fraction of sp³-hybridized carbons (Fsp3) is 0.333. The summed E-state index contributed by atoms with van der Waals surface area (Å²) in [6.45, 7) is -0.168. The fourth-order valence-electron chi connectivity index (χ4n) is 1.55. The SMILES string of the molecule is N#CCc1c(CO)cccc1C(=O)CCCl. The molecule has 0 saturated heterocycles. The minimum Gasteiger partial charge on any atom is -0.392 e. The number of carbonyl (C=O) groups excluding carboxylic acids is 1. The number of hydrogen-bond acceptors (Lipinski definition) is 3. The van der Waals surface area contributed by atoms with Gasteiger partial charge in [0.05, 0.1) is 19.1 Å². The Hall–Kier alpha value is -1.37. The van der Waals surface area contributed by atoms with E-state index in [2.05, 4.69) is 0 Å². The van der Waals surface area contributed by atoms with Crippen LogP contribution in [-0.2, 0) is 13.0 Å². The van der Waals surface area contributed by atoms with Gasteiger partial charge in [-0.2, -0.15) is 5.26 Å². The van der Waals surface area contributed by atoms with Gasteiger partial charge in [0.1, 0.15) is 0 Å². The normalized spacial score (nSPS) is 9.81. The molecule has 0 bridgehead atoms. The Balaban J connectivity index is 3.17. The van der Waals surface area contributed by atoms with E-state index in [-0.39, 0.29) is 31.1 Å². The topological polar surface area (TPSA) is 61.1 Å². The maximum atomic E-state index is 11.7. The predicted molar refractivity (Wildman–Crippen MR) is 61.3 cm³/mol. The first-order chi connectivity index (χ1) is 7.74. The molecular weight excluding hydrogens is 226 g/mol. The van der Waals surface area contributed by atoms with Crippen LogP contribution in [0.25, 0.3) is 0 Å². The molecule has 0 atom stereocenters. The Morgan fingerprint density at radius 2 is 2.25 bits per heavy atom. The number of Topliss-reactive ketones (excluding diaryl/α,β-unsaturated/α-hetero) is 1. The molecule has 0 radical (unpaired) electrons. The van der Waals surface area contributed by atoms with Crippen LogP contribution in [0, 0.1) is 11.3 Å². The summed E-state index contributed by atoms with van der Waals surface area (Å²) in [5.41, 5.74) is 1.73. The molecule has 1 aromatic rings. The number of ketones is 1. The number of alkyl halides is 1. The van der Waals surface area contributed by atoms with Gasteiger partial charge in [-0.25, -0.2) is 0 Å². The monoisotopic (exact) mass is 237 g/mol. The zero-order valence-corrected chi connectivity index (χ0v) is 9.50. The van der Waals surface area contributed by atoms with E-state index in [1.54, 1.807) is 18.2 Å². The maximum Gasteiger partial charge on any atom is 0.164 e. The lowest BCUT2D eigenvalue weighted by Gasteiger charge is -2.09. The van der Waals surface area contributed by atoms with Gasteiger partial charge in [-0.1, -0.05) is 18.2 Å². The van der Waals surface area contributed by atoms with Gasteiger partial charge in [0.25, 0.3) is 0 Å². The van der Waals surface area contributed by atoms with Crippen LogP contribution in [0.1, 0.15) is 27.9 Å². The van der Waals surface area contributed by atoms with E-state index in [1.807, 2.05) is 6.07 Å². The molecule has 1 rings (SSSR count). The van der Waals surface area contributed by atoms with E-state index in [1.165, 1.54) is 0 Å². The van der Waals surface area contributed by atoms with Gasteiger partial charge < -0.3 is 5.11 Å². The molecule has 0 fully saturated rings. The van der Waals surface area contributed by atoms with Gasteiger partial charge in [-0.15, -0.1) is 11.6 Å². The highest BCUT2D eigenvalue weighted by atomic mass is 35.5. The van der Waals surface area contributed by atoms with Gasteiger partial charge in [-0.05, 0) is 11.1 Å². The van der Waals surface area contributed by atoms with Gasteiger partial charge in [0.15, 0.2) is 5.78 Å². The van der Waals surface area contributed by atoms with E-state index >= 15 is 0 Å². The van der Waals surface area contributed by atoms with Crippen LogP contribution in [0.5, 0.6) is 0 Å². The van der Waals surface area contributed by atoms with Crippen molar-refractivity contribution in [2.24, 2.45) is 0 Å². The lowest BCUT2D eigenvalue weighted by molar-refractivity contribution is 0.0988. The van der Waals surface area contributed by atoms with Crippen molar-refractivity contribution in [3.05, 3.63) is 34.9 Å². The van der Waals surface area contributed by atoms with Crippen LogP contribution in [0.4, 0.5) is 0 Å². The zero-order chi connectivity index (χ0) is 12.0. The molecular formula is C12H12ClNO2. The van der Waals surface area contributed by atoms with E-state index in [9.17, 15) is 4.79 Å². The van der Waals surface area contributed by atoms with Crippen LogP contribution in [0.15, 0.2) is 18.2 Å². The molecule has 0 aliphatic carbocycles. The van der Waals surface area contributed by atoms with Crippen LogP contribution >= 0.6 is 11.6 Å². The molecule has 16 heavy (non-hydrogen) atoms. The fourth-order valence-corrected chi connectivity index (χ4v) is 1.72. The number of benzene rings is 1. The molecule has 0 heterocycles. The van der Waals surface area contributed by atoms with Crippen molar-refractivity contribution < 1.29 is 9.90 Å². The Bertz CT molecular complexity index is 424. The van der Waals surface area contributed by atoms with E-state index in [0.717, 1.165) is 0 Å². The van der Waals surface area contributed by atoms with Gasteiger partial charge in [0, 0.05) is 17.9 Å². The molecule has 0 amide bonds. The standard InChI is InChI=1S/C12H12ClNO2/c13-6-4-12(16)11-3-1-2-9(8-15)10(11)5-7-14/h1-3,15H,4-6,8H2. The second-order valence-corrected chi connectivity index (χ2v) is 3.68. The van der Waals surface area contributed by atoms with Crippen molar-refractivity contribution in [2.75, 3.05) is 5.88 Å². The molecule has 3 nitrogen and oxygen atoms in total. The first-order valence-electron chi connectivity index (χ1n) is 4.92. The summed E-state index contributed by atoms with van der Waals surface area (Å²) in [6.07, 6.45) is 0.370. The van der Waals surface area contributed by atoms with Crippen molar-refractivity contribution in [3.8, 4) is 6.07 Å². The Kier molecular flexibility index (Phi) is 4.97. The lowest BCUT2D eigenvalue weighted by Crippen LogP contribution is -2.07. The van der Waals surface area contributed by atoms with E-state index in [0.29, 0.717) is 16.7 Å². The molecule has 0 aromatic heterocycles. The van der Waals surface area contributed by atoms with Crippen LogP contribution in [0.2, 0.25) is 0 Å².